The quantitative estimate of drug-likeness (QED) is 0.742. The molecule has 3 unspecified atom stereocenters. The largest absolute Gasteiger partial charge is 0.373 e. The maximum Gasteiger partial charge on any atom is 0.237 e. The molecule has 1 aliphatic heterocycles. The maximum atomic E-state index is 12.6. The van der Waals surface area contributed by atoms with Gasteiger partial charge in [-0.25, -0.2) is 0 Å². The molecule has 1 saturated heterocycles. The predicted molar refractivity (Wildman–Crippen MR) is 86.4 cm³/mol. The standard InChI is InChI=1S/C16H33N3O2/c1-7-17-12(4)8-18-16(20)15(11(2)3)19-9-13(5)21-14(6)10-19/h11-15,17H,7-10H2,1-6H3,(H,18,20)/t12-,13?,14?,15?/m1/s1. The molecule has 0 aromatic heterocycles. The van der Waals surface area contributed by atoms with Crippen molar-refractivity contribution in [1.29, 1.82) is 0 Å². The first-order valence-corrected chi connectivity index (χ1v) is 8.25. The number of nitrogens with one attached hydrogen (secondary N) is 2. The molecule has 1 amide bonds. The molecule has 5 nitrogen and oxygen atoms in total. The van der Waals surface area contributed by atoms with Crippen molar-refractivity contribution in [1.82, 2.24) is 15.5 Å². The minimum absolute atomic E-state index is 0.0763. The van der Waals surface area contributed by atoms with Crippen molar-refractivity contribution in [3.63, 3.8) is 0 Å². The molecular weight excluding hydrogens is 266 g/mol. The molecule has 1 rings (SSSR count). The van der Waals surface area contributed by atoms with Gasteiger partial charge in [0.2, 0.25) is 5.91 Å². The van der Waals surface area contributed by atoms with E-state index in [0.29, 0.717) is 12.6 Å². The minimum Gasteiger partial charge on any atom is -0.373 e. The Balaban J connectivity index is 2.61. The van der Waals surface area contributed by atoms with Crippen molar-refractivity contribution >= 4 is 5.91 Å². The van der Waals surface area contributed by atoms with Crippen LogP contribution >= 0.6 is 0 Å². The van der Waals surface area contributed by atoms with Crippen LogP contribution in [0.25, 0.3) is 0 Å². The molecule has 0 aromatic rings. The van der Waals surface area contributed by atoms with Crippen LogP contribution in [0.3, 0.4) is 0 Å². The van der Waals surface area contributed by atoms with Crippen molar-refractivity contribution in [3.05, 3.63) is 0 Å². The van der Waals surface area contributed by atoms with Gasteiger partial charge in [0.05, 0.1) is 18.2 Å². The second kappa shape index (κ2) is 8.71. The van der Waals surface area contributed by atoms with E-state index in [9.17, 15) is 4.79 Å². The van der Waals surface area contributed by atoms with Gasteiger partial charge in [0.25, 0.3) is 0 Å². The van der Waals surface area contributed by atoms with E-state index in [0.717, 1.165) is 19.6 Å². The second-order valence-electron chi connectivity index (χ2n) is 6.60. The van der Waals surface area contributed by atoms with Gasteiger partial charge in [-0.1, -0.05) is 20.8 Å². The maximum absolute atomic E-state index is 12.6. The zero-order chi connectivity index (χ0) is 16.0. The Morgan fingerprint density at radius 3 is 2.29 bits per heavy atom. The summed E-state index contributed by atoms with van der Waals surface area (Å²) in [5.41, 5.74) is 0. The normalized spacial score (nSPS) is 26.6. The summed E-state index contributed by atoms with van der Waals surface area (Å²) in [6.45, 7) is 15.8. The van der Waals surface area contributed by atoms with Crippen LogP contribution in [0.5, 0.6) is 0 Å². The summed E-state index contributed by atoms with van der Waals surface area (Å²) >= 11 is 0. The Morgan fingerprint density at radius 2 is 1.81 bits per heavy atom. The molecule has 0 saturated carbocycles. The molecule has 0 radical (unpaired) electrons. The molecule has 1 heterocycles. The van der Waals surface area contributed by atoms with Gasteiger partial charge < -0.3 is 15.4 Å². The van der Waals surface area contributed by atoms with Crippen molar-refractivity contribution < 1.29 is 9.53 Å². The number of morpholine rings is 1. The highest BCUT2D eigenvalue weighted by molar-refractivity contribution is 5.82. The molecule has 124 valence electrons. The molecule has 0 spiro atoms. The van der Waals surface area contributed by atoms with Crippen LogP contribution in [0.1, 0.15) is 41.5 Å². The number of likely N-dealkylation sites (N-methyl/N-ethyl adjacent to an activating group) is 1. The monoisotopic (exact) mass is 299 g/mol. The van der Waals surface area contributed by atoms with Gasteiger partial charge in [-0.2, -0.15) is 0 Å². The summed E-state index contributed by atoms with van der Waals surface area (Å²) in [5.74, 6) is 0.424. The lowest BCUT2D eigenvalue weighted by atomic mass is 9.99. The number of carbonyl (C=O) groups excluding carboxylic acids is 1. The average molecular weight is 299 g/mol. The Bertz CT molecular complexity index is 313. The first kappa shape index (κ1) is 18.4. The van der Waals surface area contributed by atoms with E-state index in [1.165, 1.54) is 0 Å². The van der Waals surface area contributed by atoms with Crippen LogP contribution in [0.4, 0.5) is 0 Å². The van der Waals surface area contributed by atoms with Gasteiger partial charge in [0, 0.05) is 25.7 Å². The molecule has 1 fully saturated rings. The second-order valence-corrected chi connectivity index (χ2v) is 6.60. The van der Waals surface area contributed by atoms with E-state index in [4.69, 9.17) is 4.74 Å². The Kier molecular flexibility index (Phi) is 7.63. The molecule has 0 aliphatic carbocycles. The third-order valence-corrected chi connectivity index (χ3v) is 3.88. The Morgan fingerprint density at radius 1 is 1.24 bits per heavy atom. The molecular formula is C16H33N3O2. The summed E-state index contributed by atoms with van der Waals surface area (Å²) in [6.07, 6.45) is 0.368. The van der Waals surface area contributed by atoms with Crippen LogP contribution in [-0.4, -0.2) is 61.3 Å². The zero-order valence-electron chi connectivity index (χ0n) is 14.5. The minimum atomic E-state index is -0.0763. The summed E-state index contributed by atoms with van der Waals surface area (Å²) in [7, 11) is 0. The summed E-state index contributed by atoms with van der Waals surface area (Å²) in [4.78, 5) is 14.9. The number of hydrogen-bond acceptors (Lipinski definition) is 4. The van der Waals surface area contributed by atoms with Gasteiger partial charge in [-0.3, -0.25) is 9.69 Å². The van der Waals surface area contributed by atoms with Crippen LogP contribution < -0.4 is 10.6 Å². The molecule has 5 heteroatoms. The Hall–Kier alpha value is -0.650. The fourth-order valence-corrected chi connectivity index (χ4v) is 3.11. The fourth-order valence-electron chi connectivity index (χ4n) is 3.11. The topological polar surface area (TPSA) is 53.6 Å². The lowest BCUT2D eigenvalue weighted by molar-refractivity contribution is -0.135. The molecule has 4 atom stereocenters. The van der Waals surface area contributed by atoms with Crippen molar-refractivity contribution in [2.75, 3.05) is 26.2 Å². The van der Waals surface area contributed by atoms with Crippen molar-refractivity contribution in [3.8, 4) is 0 Å². The third-order valence-electron chi connectivity index (χ3n) is 3.88. The third kappa shape index (κ3) is 5.93. The van der Waals surface area contributed by atoms with Crippen molar-refractivity contribution in [2.45, 2.75) is 65.8 Å². The summed E-state index contributed by atoms with van der Waals surface area (Å²) < 4.78 is 5.77. The SMILES string of the molecule is CCN[C@H](C)CNC(=O)C(C(C)C)N1CC(C)OC(C)C1. The molecule has 2 N–H and O–H groups in total. The van der Waals surface area contributed by atoms with Gasteiger partial charge in [-0.05, 0) is 33.2 Å². The van der Waals surface area contributed by atoms with E-state index >= 15 is 0 Å². The molecule has 0 bridgehead atoms. The number of nitrogens with zero attached hydrogens (tertiary/aromatic N) is 1. The van der Waals surface area contributed by atoms with E-state index in [-0.39, 0.29) is 30.1 Å². The van der Waals surface area contributed by atoms with Crippen LogP contribution in [0, 0.1) is 5.92 Å². The number of amides is 1. The van der Waals surface area contributed by atoms with E-state index in [2.05, 4.69) is 57.1 Å². The van der Waals surface area contributed by atoms with Crippen LogP contribution in [-0.2, 0) is 9.53 Å². The summed E-state index contributed by atoms with van der Waals surface area (Å²) in [5, 5.41) is 6.41. The fraction of sp³-hybridized carbons (Fsp3) is 0.938. The number of carbonyl (C=O) groups is 1. The van der Waals surface area contributed by atoms with Gasteiger partial charge >= 0.3 is 0 Å². The molecule has 21 heavy (non-hydrogen) atoms. The lowest BCUT2D eigenvalue weighted by Gasteiger charge is -2.41. The van der Waals surface area contributed by atoms with Gasteiger partial charge in [-0.15, -0.1) is 0 Å². The first-order valence-electron chi connectivity index (χ1n) is 8.25. The summed E-state index contributed by atoms with van der Waals surface area (Å²) in [6, 6.07) is 0.224. The first-order chi connectivity index (χ1) is 9.85. The van der Waals surface area contributed by atoms with Crippen LogP contribution in [0.2, 0.25) is 0 Å². The highest BCUT2D eigenvalue weighted by atomic mass is 16.5. The zero-order valence-corrected chi connectivity index (χ0v) is 14.5. The molecule has 1 aliphatic rings. The van der Waals surface area contributed by atoms with E-state index < -0.39 is 0 Å². The van der Waals surface area contributed by atoms with Crippen LogP contribution in [0.15, 0.2) is 0 Å². The number of rotatable bonds is 7. The number of hydrogen-bond donors (Lipinski definition) is 2. The molecule has 0 aromatic carbocycles. The van der Waals surface area contributed by atoms with Gasteiger partial charge in [0.15, 0.2) is 0 Å². The van der Waals surface area contributed by atoms with E-state index in [1.54, 1.807) is 0 Å². The highest BCUT2D eigenvalue weighted by Gasteiger charge is 2.34. The number of ether oxygens (including phenoxy) is 1. The lowest BCUT2D eigenvalue weighted by Crippen LogP contribution is -2.57. The smallest absolute Gasteiger partial charge is 0.237 e. The van der Waals surface area contributed by atoms with Gasteiger partial charge in [0.1, 0.15) is 0 Å². The average Bonchev–Trinajstić information content (AvgIpc) is 2.35. The predicted octanol–water partition coefficient (Wildman–Crippen LogP) is 1.23. The Labute approximate surface area is 129 Å². The highest BCUT2D eigenvalue weighted by Crippen LogP contribution is 2.18. The van der Waals surface area contributed by atoms with E-state index in [1.807, 2.05) is 0 Å². The van der Waals surface area contributed by atoms with Crippen molar-refractivity contribution in [2.24, 2.45) is 5.92 Å².